The van der Waals surface area contributed by atoms with Crippen LogP contribution in [0.1, 0.15) is 51.4 Å². The van der Waals surface area contributed by atoms with Crippen molar-refractivity contribution in [3.63, 3.8) is 0 Å². The first kappa shape index (κ1) is 17.6. The number of rotatable bonds is 5. The first-order valence-electron chi connectivity index (χ1n) is 6.67. The molecule has 0 bridgehead atoms. The van der Waals surface area contributed by atoms with Gasteiger partial charge in [-0.25, -0.2) is 0 Å². The fourth-order valence-corrected chi connectivity index (χ4v) is 1.05. The predicted molar refractivity (Wildman–Crippen MR) is 78.8 cm³/mol. The maximum absolute atomic E-state index is 10.4. The van der Waals surface area contributed by atoms with E-state index in [0.717, 1.165) is 18.5 Å². The van der Waals surface area contributed by atoms with Crippen LogP contribution in [-0.2, 0) is 0 Å². The molecule has 3 nitrogen and oxygen atoms in total. The van der Waals surface area contributed by atoms with E-state index in [1.807, 2.05) is 33.8 Å². The lowest BCUT2D eigenvalue weighted by atomic mass is 9.92. The van der Waals surface area contributed by atoms with Gasteiger partial charge in [0.15, 0.2) is 0 Å². The topological polar surface area (TPSA) is 46.5 Å². The van der Waals surface area contributed by atoms with Crippen LogP contribution in [0.15, 0.2) is 24.3 Å². The molecule has 0 radical (unpaired) electrons. The molecular formula is C16H26O3. The molecule has 0 saturated carbocycles. The molecule has 1 rings (SSSR count). The summed E-state index contributed by atoms with van der Waals surface area (Å²) in [4.78, 5) is 10.4. The Bertz CT molecular complexity index is 364. The maximum Gasteiger partial charge on any atom is 0.150 e. The largest absolute Gasteiger partial charge is 0.491 e. The van der Waals surface area contributed by atoms with E-state index < -0.39 is 0 Å². The van der Waals surface area contributed by atoms with Crippen molar-refractivity contribution < 1.29 is 14.6 Å². The van der Waals surface area contributed by atoms with E-state index in [1.165, 1.54) is 0 Å². The fraction of sp³-hybridized carbons (Fsp3) is 0.562. The number of carbonyl (C=O) groups is 1. The first-order chi connectivity index (χ1) is 8.84. The minimum atomic E-state index is 0.139. The number of hydrogen-bond acceptors (Lipinski definition) is 3. The lowest BCUT2D eigenvalue weighted by molar-refractivity contribution is 0.112. The Morgan fingerprint density at radius 2 is 2.00 bits per heavy atom. The van der Waals surface area contributed by atoms with Crippen LogP contribution in [0.2, 0.25) is 0 Å². The Morgan fingerprint density at radius 3 is 2.37 bits per heavy atom. The minimum Gasteiger partial charge on any atom is -0.491 e. The monoisotopic (exact) mass is 266 g/mol. The summed E-state index contributed by atoms with van der Waals surface area (Å²) < 4.78 is 5.40. The van der Waals surface area contributed by atoms with E-state index in [4.69, 9.17) is 9.84 Å². The van der Waals surface area contributed by atoms with Gasteiger partial charge < -0.3 is 9.84 Å². The predicted octanol–water partition coefficient (Wildman–Crippen LogP) is 3.70. The molecule has 0 aliphatic carbocycles. The lowest BCUT2D eigenvalue weighted by Gasteiger charge is -2.17. The summed E-state index contributed by atoms with van der Waals surface area (Å²) in [6.07, 6.45) is 2.00. The van der Waals surface area contributed by atoms with Crippen LogP contribution in [0.25, 0.3) is 0 Å². The summed E-state index contributed by atoms with van der Waals surface area (Å²) in [5.41, 5.74) is 0.785. The normalized spacial score (nSPS) is 10.7. The zero-order valence-electron chi connectivity index (χ0n) is 12.6. The van der Waals surface area contributed by atoms with Gasteiger partial charge in [0, 0.05) is 12.2 Å². The molecule has 3 heteroatoms. The van der Waals surface area contributed by atoms with Crippen molar-refractivity contribution in [2.24, 2.45) is 5.41 Å². The molecule has 0 spiro atoms. The summed E-state index contributed by atoms with van der Waals surface area (Å²) in [5.74, 6) is 0.745. The molecule has 0 fully saturated rings. The molecule has 108 valence electrons. The van der Waals surface area contributed by atoms with Crippen LogP contribution in [0.5, 0.6) is 5.75 Å². The highest BCUT2D eigenvalue weighted by molar-refractivity contribution is 5.75. The molecule has 0 atom stereocenters. The molecule has 0 saturated heterocycles. The Labute approximate surface area is 116 Å². The van der Waals surface area contributed by atoms with Crippen LogP contribution in [0, 0.1) is 5.41 Å². The third kappa shape index (κ3) is 8.38. The molecule has 0 aliphatic rings. The Morgan fingerprint density at radius 1 is 1.37 bits per heavy atom. The van der Waals surface area contributed by atoms with Crippen molar-refractivity contribution in [1.29, 1.82) is 0 Å². The Hall–Kier alpha value is -1.35. The van der Waals surface area contributed by atoms with E-state index >= 15 is 0 Å². The highest BCUT2D eigenvalue weighted by Gasteiger charge is 2.11. The van der Waals surface area contributed by atoms with Crippen molar-refractivity contribution in [3.05, 3.63) is 29.8 Å². The maximum atomic E-state index is 10.4. The van der Waals surface area contributed by atoms with Crippen LogP contribution in [0.4, 0.5) is 0 Å². The van der Waals surface area contributed by atoms with Gasteiger partial charge in [-0.1, -0.05) is 32.9 Å². The summed E-state index contributed by atoms with van der Waals surface area (Å²) >= 11 is 0. The van der Waals surface area contributed by atoms with Gasteiger partial charge in [0.1, 0.15) is 12.0 Å². The number of ether oxygens (including phenoxy) is 1. The third-order valence-electron chi connectivity index (χ3n) is 2.75. The Kier molecular flexibility index (Phi) is 8.08. The van der Waals surface area contributed by atoms with Gasteiger partial charge in [-0.05, 0) is 37.8 Å². The second-order valence-electron chi connectivity index (χ2n) is 5.53. The van der Waals surface area contributed by atoms with Crippen LogP contribution >= 0.6 is 0 Å². The number of hydrogen-bond donors (Lipinski definition) is 1. The van der Waals surface area contributed by atoms with Gasteiger partial charge in [0.05, 0.1) is 6.10 Å². The molecule has 0 amide bonds. The average Bonchev–Trinajstić information content (AvgIpc) is 2.39. The zero-order chi connectivity index (χ0) is 14.9. The lowest BCUT2D eigenvalue weighted by Crippen LogP contribution is -2.14. The number of benzene rings is 1. The molecule has 0 aromatic heterocycles. The minimum absolute atomic E-state index is 0.139. The van der Waals surface area contributed by atoms with Gasteiger partial charge in [0.25, 0.3) is 0 Å². The van der Waals surface area contributed by atoms with E-state index in [-0.39, 0.29) is 11.5 Å². The molecule has 0 heterocycles. The van der Waals surface area contributed by atoms with Crippen LogP contribution < -0.4 is 4.74 Å². The molecule has 19 heavy (non-hydrogen) atoms. The number of aliphatic hydroxyl groups is 1. The van der Waals surface area contributed by atoms with Crippen LogP contribution in [0.3, 0.4) is 0 Å². The molecule has 0 aliphatic heterocycles. The zero-order valence-corrected chi connectivity index (χ0v) is 12.6. The third-order valence-corrected chi connectivity index (χ3v) is 2.75. The van der Waals surface area contributed by atoms with E-state index in [2.05, 4.69) is 6.92 Å². The van der Waals surface area contributed by atoms with Gasteiger partial charge >= 0.3 is 0 Å². The van der Waals surface area contributed by atoms with E-state index in [9.17, 15) is 4.79 Å². The van der Waals surface area contributed by atoms with E-state index in [1.54, 1.807) is 18.2 Å². The number of carbonyl (C=O) groups excluding carboxylic acids is 1. The quantitative estimate of drug-likeness (QED) is 0.827. The fourth-order valence-electron chi connectivity index (χ4n) is 1.05. The molecule has 1 aromatic rings. The van der Waals surface area contributed by atoms with Gasteiger partial charge in [-0.3, -0.25) is 4.79 Å². The van der Waals surface area contributed by atoms with Gasteiger partial charge in [-0.15, -0.1) is 0 Å². The van der Waals surface area contributed by atoms with E-state index in [0.29, 0.717) is 12.2 Å². The van der Waals surface area contributed by atoms with Crippen molar-refractivity contribution in [2.45, 2.75) is 47.1 Å². The van der Waals surface area contributed by atoms with Crippen LogP contribution in [-0.4, -0.2) is 24.1 Å². The van der Waals surface area contributed by atoms with Crippen molar-refractivity contribution >= 4 is 6.29 Å². The van der Waals surface area contributed by atoms with Crippen molar-refractivity contribution in [2.75, 3.05) is 6.61 Å². The summed E-state index contributed by atoms with van der Waals surface area (Å²) in [6.45, 7) is 10.4. The second kappa shape index (κ2) is 8.70. The first-order valence-corrected chi connectivity index (χ1v) is 6.67. The summed E-state index contributed by atoms with van der Waals surface area (Å²) in [6, 6.07) is 7.13. The Balaban J connectivity index is 0.000000399. The highest BCUT2D eigenvalue weighted by Crippen LogP contribution is 2.16. The molecular weight excluding hydrogens is 240 g/mol. The highest BCUT2D eigenvalue weighted by atomic mass is 16.5. The SMILES string of the molecule is CC(C)Oc1cccc(C=O)c1.CCC(C)(C)CO. The second-order valence-corrected chi connectivity index (χ2v) is 5.53. The summed E-state index contributed by atoms with van der Waals surface area (Å²) in [5, 5.41) is 8.59. The van der Waals surface area contributed by atoms with Gasteiger partial charge in [-0.2, -0.15) is 0 Å². The number of aliphatic hydroxyl groups excluding tert-OH is 1. The standard InChI is InChI=1S/C10H12O2.C6H14O/c1-8(2)12-10-5-3-4-9(6-10)7-11;1-4-6(2,3)5-7/h3-8H,1-2H3;7H,4-5H2,1-3H3. The van der Waals surface area contributed by atoms with Crippen molar-refractivity contribution in [1.82, 2.24) is 0 Å². The van der Waals surface area contributed by atoms with Gasteiger partial charge in [0.2, 0.25) is 0 Å². The molecule has 0 unspecified atom stereocenters. The smallest absolute Gasteiger partial charge is 0.150 e. The molecule has 1 aromatic carbocycles. The number of aldehydes is 1. The van der Waals surface area contributed by atoms with Crippen molar-refractivity contribution in [3.8, 4) is 5.75 Å². The molecule has 1 N–H and O–H groups in total. The average molecular weight is 266 g/mol. The summed E-state index contributed by atoms with van der Waals surface area (Å²) in [7, 11) is 0.